The zero-order chi connectivity index (χ0) is 25.6. The van der Waals surface area contributed by atoms with Crippen molar-refractivity contribution >= 4 is 17.6 Å². The number of alkyl halides is 5. The van der Waals surface area contributed by atoms with Gasteiger partial charge < -0.3 is 10.6 Å². The predicted octanol–water partition coefficient (Wildman–Crippen LogP) is 4.64. The van der Waals surface area contributed by atoms with E-state index in [0.29, 0.717) is 24.2 Å². The van der Waals surface area contributed by atoms with Gasteiger partial charge in [-0.05, 0) is 37.5 Å². The number of nitrogens with one attached hydrogen (secondary N) is 2. The van der Waals surface area contributed by atoms with Crippen LogP contribution in [0, 0.1) is 11.3 Å². The molecule has 3 heterocycles. The van der Waals surface area contributed by atoms with Crippen LogP contribution >= 0.6 is 0 Å². The second-order valence-electron chi connectivity index (χ2n) is 8.76. The third-order valence-corrected chi connectivity index (χ3v) is 5.98. The van der Waals surface area contributed by atoms with Crippen molar-refractivity contribution in [2.75, 3.05) is 10.6 Å². The molecule has 2 aliphatic carbocycles. The number of hydrogen-bond donors (Lipinski definition) is 2. The second-order valence-corrected chi connectivity index (χ2v) is 8.76. The molecule has 0 spiro atoms. The van der Waals surface area contributed by atoms with Gasteiger partial charge in [0.05, 0.1) is 17.2 Å². The Morgan fingerprint density at radius 2 is 1.72 bits per heavy atom. The number of hydrogen-bond acceptors (Lipinski definition) is 9. The number of aromatic nitrogens is 6. The van der Waals surface area contributed by atoms with Crippen molar-refractivity contribution in [3.8, 4) is 17.6 Å². The molecule has 9 nitrogen and oxygen atoms in total. The van der Waals surface area contributed by atoms with Gasteiger partial charge in [-0.3, -0.25) is 4.98 Å². The summed E-state index contributed by atoms with van der Waals surface area (Å²) < 4.78 is 66.8. The maximum atomic E-state index is 13.7. The Morgan fingerprint density at radius 1 is 0.972 bits per heavy atom. The quantitative estimate of drug-likeness (QED) is 0.463. The lowest BCUT2D eigenvalue weighted by Crippen LogP contribution is -2.21. The molecule has 2 aliphatic rings. The van der Waals surface area contributed by atoms with Crippen LogP contribution in [-0.2, 0) is 11.6 Å². The number of anilines is 3. The molecule has 0 bridgehead atoms. The third kappa shape index (κ3) is 5.00. The van der Waals surface area contributed by atoms with Crippen molar-refractivity contribution in [3.63, 3.8) is 0 Å². The summed E-state index contributed by atoms with van der Waals surface area (Å²) in [4.78, 5) is 23.6. The zero-order valence-corrected chi connectivity index (χ0v) is 18.5. The molecule has 186 valence electrons. The van der Waals surface area contributed by atoms with Gasteiger partial charge in [0.1, 0.15) is 5.69 Å². The van der Waals surface area contributed by atoms with E-state index < -0.39 is 35.8 Å². The van der Waals surface area contributed by atoms with Gasteiger partial charge in [0.2, 0.25) is 23.6 Å². The maximum Gasteiger partial charge on any atom is 0.451 e. The summed E-state index contributed by atoms with van der Waals surface area (Å²) in [7, 11) is 0. The second kappa shape index (κ2) is 8.58. The van der Waals surface area contributed by atoms with Gasteiger partial charge in [-0.2, -0.15) is 33.4 Å². The van der Waals surface area contributed by atoms with E-state index in [4.69, 9.17) is 0 Å². The Morgan fingerprint density at radius 3 is 2.39 bits per heavy atom. The first-order valence-electron chi connectivity index (χ1n) is 11.0. The lowest BCUT2D eigenvalue weighted by molar-refractivity contribution is -0.144. The molecule has 2 fully saturated rings. The van der Waals surface area contributed by atoms with E-state index in [-0.39, 0.29) is 36.3 Å². The summed E-state index contributed by atoms with van der Waals surface area (Å²) in [6.07, 6.45) is -1.52. The Hall–Kier alpha value is -4.02. The monoisotopic (exact) mass is 503 g/mol. The van der Waals surface area contributed by atoms with E-state index >= 15 is 0 Å². The van der Waals surface area contributed by atoms with Crippen LogP contribution in [0.2, 0.25) is 0 Å². The molecule has 36 heavy (non-hydrogen) atoms. The molecule has 0 saturated heterocycles. The minimum Gasteiger partial charge on any atom is -0.351 e. The van der Waals surface area contributed by atoms with Crippen LogP contribution in [0.4, 0.5) is 39.5 Å². The van der Waals surface area contributed by atoms with Crippen molar-refractivity contribution in [1.82, 2.24) is 29.9 Å². The fourth-order valence-corrected chi connectivity index (χ4v) is 3.94. The standard InChI is InChI=1S/C22H18F5N9/c23-21(24)4-1-13(10-21)32-19-35-16(14-3-8-30-17(33-14)22(25,26)27)34-18(36-19)31-12-2-7-29-15(9-12)20(11-28)5-6-20/h2-3,7-9,13H,1,4-6,10H2,(H2,29,31,32,34,35,36)/t13-/m0/s1. The van der Waals surface area contributed by atoms with Crippen LogP contribution in [-0.4, -0.2) is 41.9 Å². The number of pyridine rings is 1. The Kier molecular flexibility index (Phi) is 5.65. The highest BCUT2D eigenvalue weighted by Crippen LogP contribution is 2.47. The molecule has 2 N–H and O–H groups in total. The fourth-order valence-electron chi connectivity index (χ4n) is 3.94. The Bertz CT molecular complexity index is 1330. The number of rotatable bonds is 6. The van der Waals surface area contributed by atoms with E-state index in [1.807, 2.05) is 0 Å². The van der Waals surface area contributed by atoms with Gasteiger partial charge in [-0.25, -0.2) is 18.7 Å². The first-order valence-corrected chi connectivity index (χ1v) is 11.0. The van der Waals surface area contributed by atoms with E-state index in [1.54, 1.807) is 12.1 Å². The minimum atomic E-state index is -4.78. The van der Waals surface area contributed by atoms with Crippen LogP contribution in [0.25, 0.3) is 11.5 Å². The average molecular weight is 503 g/mol. The largest absolute Gasteiger partial charge is 0.451 e. The van der Waals surface area contributed by atoms with E-state index in [9.17, 15) is 27.2 Å². The predicted molar refractivity (Wildman–Crippen MR) is 116 cm³/mol. The van der Waals surface area contributed by atoms with Crippen LogP contribution in [0.1, 0.15) is 43.6 Å². The van der Waals surface area contributed by atoms with Gasteiger partial charge in [0, 0.05) is 37.0 Å². The topological polar surface area (TPSA) is 125 Å². The highest BCUT2D eigenvalue weighted by atomic mass is 19.4. The van der Waals surface area contributed by atoms with E-state index in [2.05, 4.69) is 46.6 Å². The summed E-state index contributed by atoms with van der Waals surface area (Å²) in [6, 6.07) is 6.10. The number of nitriles is 1. The fraction of sp³-hybridized carbons (Fsp3) is 0.409. The third-order valence-electron chi connectivity index (χ3n) is 5.98. The molecule has 14 heteroatoms. The molecule has 0 amide bonds. The van der Waals surface area contributed by atoms with Gasteiger partial charge in [-0.15, -0.1) is 0 Å². The summed E-state index contributed by atoms with van der Waals surface area (Å²) in [5.41, 5.74) is 0.189. The van der Waals surface area contributed by atoms with Gasteiger partial charge >= 0.3 is 6.18 Å². The van der Waals surface area contributed by atoms with Gasteiger partial charge in [0.15, 0.2) is 5.82 Å². The van der Waals surface area contributed by atoms with Crippen molar-refractivity contribution in [2.45, 2.75) is 55.7 Å². The number of nitrogens with zero attached hydrogens (tertiary/aromatic N) is 7. The maximum absolute atomic E-state index is 13.7. The molecular formula is C22H18F5N9. The molecular weight excluding hydrogens is 485 g/mol. The van der Waals surface area contributed by atoms with Crippen LogP contribution < -0.4 is 10.6 Å². The minimum absolute atomic E-state index is 0.0571. The molecule has 0 unspecified atom stereocenters. The van der Waals surface area contributed by atoms with Gasteiger partial charge in [0.25, 0.3) is 0 Å². The average Bonchev–Trinajstić information content (AvgIpc) is 3.56. The highest BCUT2D eigenvalue weighted by Gasteiger charge is 2.46. The highest BCUT2D eigenvalue weighted by molar-refractivity contribution is 5.59. The molecule has 5 rings (SSSR count). The first kappa shape index (κ1) is 23.7. The lowest BCUT2D eigenvalue weighted by atomic mass is 10.0. The molecule has 3 aromatic rings. The Balaban J connectivity index is 1.49. The van der Waals surface area contributed by atoms with Crippen LogP contribution in [0.3, 0.4) is 0 Å². The van der Waals surface area contributed by atoms with Crippen molar-refractivity contribution in [3.05, 3.63) is 42.1 Å². The summed E-state index contributed by atoms with van der Waals surface area (Å²) in [5.74, 6) is -4.56. The smallest absolute Gasteiger partial charge is 0.351 e. The van der Waals surface area contributed by atoms with Crippen molar-refractivity contribution in [2.24, 2.45) is 0 Å². The van der Waals surface area contributed by atoms with Crippen LogP contribution in [0.15, 0.2) is 30.6 Å². The Labute approximate surface area is 201 Å². The van der Waals surface area contributed by atoms with Crippen molar-refractivity contribution in [1.29, 1.82) is 5.26 Å². The first-order chi connectivity index (χ1) is 17.1. The molecule has 3 aromatic heterocycles. The van der Waals surface area contributed by atoms with Crippen LogP contribution in [0.5, 0.6) is 0 Å². The SMILES string of the molecule is N#CC1(c2cc(Nc3nc(N[C@H]4CCC(F)(F)C4)nc(-c4ccnc(C(F)(F)F)n4)n3)ccn2)CC1. The number of halogens is 5. The zero-order valence-electron chi connectivity index (χ0n) is 18.5. The molecule has 0 radical (unpaired) electrons. The summed E-state index contributed by atoms with van der Waals surface area (Å²) in [5, 5.41) is 15.2. The molecule has 0 aromatic carbocycles. The summed E-state index contributed by atoms with van der Waals surface area (Å²) >= 11 is 0. The summed E-state index contributed by atoms with van der Waals surface area (Å²) in [6.45, 7) is 0. The normalized spacial score (nSPS) is 19.9. The van der Waals surface area contributed by atoms with Gasteiger partial charge in [-0.1, -0.05) is 0 Å². The lowest BCUT2D eigenvalue weighted by Gasteiger charge is -2.15. The molecule has 1 atom stereocenters. The molecule has 0 aliphatic heterocycles. The van der Waals surface area contributed by atoms with Crippen molar-refractivity contribution < 1.29 is 22.0 Å². The van der Waals surface area contributed by atoms with E-state index in [1.165, 1.54) is 12.3 Å². The van der Waals surface area contributed by atoms with E-state index in [0.717, 1.165) is 6.20 Å². The molecule has 2 saturated carbocycles.